The number of carboxylic acid groups (broad SMARTS) is 1. The number of benzene rings is 1. The number of nitrogens with zero attached hydrogens (tertiary/aromatic N) is 2. The van der Waals surface area contributed by atoms with Crippen LogP contribution in [0, 0.1) is 11.7 Å². The van der Waals surface area contributed by atoms with Crippen molar-refractivity contribution in [2.45, 2.75) is 25.4 Å². The van der Waals surface area contributed by atoms with E-state index in [4.69, 9.17) is 5.11 Å². The van der Waals surface area contributed by atoms with Crippen LogP contribution < -0.4 is 5.32 Å². The van der Waals surface area contributed by atoms with Gasteiger partial charge in [0.15, 0.2) is 0 Å². The van der Waals surface area contributed by atoms with Crippen molar-refractivity contribution in [3.05, 3.63) is 41.8 Å². The van der Waals surface area contributed by atoms with Crippen LogP contribution in [0.5, 0.6) is 0 Å². The van der Waals surface area contributed by atoms with Gasteiger partial charge in [-0.1, -0.05) is 0 Å². The van der Waals surface area contributed by atoms with Gasteiger partial charge in [-0.25, -0.2) is 4.39 Å². The summed E-state index contributed by atoms with van der Waals surface area (Å²) < 4.78 is 14.8. The van der Waals surface area contributed by atoms with Crippen LogP contribution in [-0.2, 0) is 18.4 Å². The third-order valence-electron chi connectivity index (χ3n) is 4.09. The number of carbonyl (C=O) groups is 1. The molecule has 0 aliphatic heterocycles. The maximum Gasteiger partial charge on any atom is 0.306 e. The number of rotatable bonds is 5. The van der Waals surface area contributed by atoms with Gasteiger partial charge < -0.3 is 10.4 Å². The van der Waals surface area contributed by atoms with Crippen molar-refractivity contribution in [2.75, 3.05) is 0 Å². The maximum absolute atomic E-state index is 13.0. The second kappa shape index (κ2) is 5.88. The average Bonchev–Trinajstić information content (AvgIpc) is 2.78. The van der Waals surface area contributed by atoms with Crippen molar-refractivity contribution in [1.29, 1.82) is 0 Å². The molecule has 1 heterocycles. The first-order valence-corrected chi connectivity index (χ1v) is 7.27. The lowest BCUT2D eigenvalue weighted by Gasteiger charge is -2.33. The highest BCUT2D eigenvalue weighted by Crippen LogP contribution is 2.28. The van der Waals surface area contributed by atoms with E-state index in [1.807, 2.05) is 13.2 Å². The Bertz CT molecular complexity index is 675. The molecule has 1 saturated carbocycles. The van der Waals surface area contributed by atoms with E-state index >= 15 is 0 Å². The lowest BCUT2D eigenvalue weighted by atomic mass is 9.80. The summed E-state index contributed by atoms with van der Waals surface area (Å²) >= 11 is 0. The van der Waals surface area contributed by atoms with E-state index in [1.165, 1.54) is 12.1 Å². The fourth-order valence-corrected chi connectivity index (χ4v) is 2.76. The van der Waals surface area contributed by atoms with Crippen molar-refractivity contribution in [1.82, 2.24) is 15.1 Å². The average molecular weight is 303 g/mol. The lowest BCUT2D eigenvalue weighted by molar-refractivity contribution is -0.145. The minimum absolute atomic E-state index is 0.219. The Morgan fingerprint density at radius 1 is 1.41 bits per heavy atom. The Morgan fingerprint density at radius 2 is 2.09 bits per heavy atom. The van der Waals surface area contributed by atoms with E-state index in [9.17, 15) is 9.18 Å². The Morgan fingerprint density at radius 3 is 2.73 bits per heavy atom. The molecule has 0 unspecified atom stereocenters. The number of aromatic nitrogens is 2. The van der Waals surface area contributed by atoms with Gasteiger partial charge in [0.1, 0.15) is 5.82 Å². The predicted octanol–water partition coefficient (Wildman–Crippen LogP) is 2.18. The summed E-state index contributed by atoms with van der Waals surface area (Å²) in [5, 5.41) is 16.7. The quantitative estimate of drug-likeness (QED) is 0.888. The zero-order valence-corrected chi connectivity index (χ0v) is 12.3. The lowest BCUT2D eigenvalue weighted by Crippen LogP contribution is -2.43. The Balaban J connectivity index is 1.67. The Labute approximate surface area is 127 Å². The summed E-state index contributed by atoms with van der Waals surface area (Å²) in [5.74, 6) is -1.21. The van der Waals surface area contributed by atoms with Crippen LogP contribution in [-0.4, -0.2) is 26.9 Å². The smallest absolute Gasteiger partial charge is 0.306 e. The summed E-state index contributed by atoms with van der Waals surface area (Å²) in [6, 6.07) is 6.51. The topological polar surface area (TPSA) is 67.2 Å². The van der Waals surface area contributed by atoms with E-state index in [2.05, 4.69) is 10.4 Å². The van der Waals surface area contributed by atoms with Crippen LogP contribution in [0.25, 0.3) is 11.3 Å². The van der Waals surface area contributed by atoms with Gasteiger partial charge in [0.05, 0.1) is 11.6 Å². The second-order valence-corrected chi connectivity index (χ2v) is 5.77. The van der Waals surface area contributed by atoms with E-state index < -0.39 is 5.97 Å². The molecule has 0 atom stereocenters. The molecule has 1 aromatic carbocycles. The maximum atomic E-state index is 13.0. The van der Waals surface area contributed by atoms with Gasteiger partial charge in [-0.3, -0.25) is 9.48 Å². The summed E-state index contributed by atoms with van der Waals surface area (Å²) in [5.41, 5.74) is 2.72. The highest BCUT2D eigenvalue weighted by molar-refractivity contribution is 5.71. The number of halogens is 1. The summed E-state index contributed by atoms with van der Waals surface area (Å²) in [6.45, 7) is 0.623. The van der Waals surface area contributed by atoms with Crippen LogP contribution in [0.15, 0.2) is 30.5 Å². The minimum atomic E-state index is -0.716. The molecule has 0 saturated heterocycles. The van der Waals surface area contributed by atoms with Gasteiger partial charge >= 0.3 is 5.97 Å². The van der Waals surface area contributed by atoms with Gasteiger partial charge in [-0.2, -0.15) is 5.10 Å². The first-order valence-electron chi connectivity index (χ1n) is 7.27. The third kappa shape index (κ3) is 3.01. The fourth-order valence-electron chi connectivity index (χ4n) is 2.76. The zero-order chi connectivity index (χ0) is 15.7. The molecule has 2 aromatic rings. The first-order chi connectivity index (χ1) is 10.5. The Kier molecular flexibility index (Phi) is 3.94. The molecule has 116 valence electrons. The van der Waals surface area contributed by atoms with Crippen LogP contribution in [0.4, 0.5) is 4.39 Å². The molecule has 1 aromatic heterocycles. The van der Waals surface area contributed by atoms with E-state index in [-0.39, 0.29) is 17.8 Å². The van der Waals surface area contributed by atoms with Crippen molar-refractivity contribution >= 4 is 5.97 Å². The van der Waals surface area contributed by atoms with Gasteiger partial charge in [0.25, 0.3) is 0 Å². The molecule has 6 heteroatoms. The number of nitrogens with one attached hydrogen (secondary N) is 1. The van der Waals surface area contributed by atoms with E-state index in [0.717, 1.165) is 16.8 Å². The highest BCUT2D eigenvalue weighted by Gasteiger charge is 2.34. The van der Waals surface area contributed by atoms with Crippen molar-refractivity contribution in [3.63, 3.8) is 0 Å². The minimum Gasteiger partial charge on any atom is -0.481 e. The first kappa shape index (κ1) is 14.7. The van der Waals surface area contributed by atoms with Gasteiger partial charge in [0, 0.05) is 37.0 Å². The molecular weight excluding hydrogens is 285 g/mol. The molecule has 0 radical (unpaired) electrons. The molecule has 2 N–H and O–H groups in total. The largest absolute Gasteiger partial charge is 0.481 e. The van der Waals surface area contributed by atoms with Crippen LogP contribution in [0.1, 0.15) is 18.4 Å². The SMILES string of the molecule is Cn1cc(CNC2CC(C(=O)O)C2)c(-c2ccc(F)cc2)n1. The molecule has 1 aliphatic carbocycles. The molecule has 22 heavy (non-hydrogen) atoms. The molecular formula is C16H18FN3O2. The second-order valence-electron chi connectivity index (χ2n) is 5.77. The van der Waals surface area contributed by atoms with Crippen molar-refractivity contribution in [2.24, 2.45) is 13.0 Å². The summed E-state index contributed by atoms with van der Waals surface area (Å²) in [6.07, 6.45) is 3.27. The molecule has 0 bridgehead atoms. The number of hydrogen-bond acceptors (Lipinski definition) is 3. The molecule has 1 fully saturated rings. The molecule has 3 rings (SSSR count). The van der Waals surface area contributed by atoms with Crippen molar-refractivity contribution in [3.8, 4) is 11.3 Å². The standard InChI is InChI=1S/C16H18FN3O2/c1-20-9-12(8-18-14-6-11(7-14)16(21)22)15(19-20)10-2-4-13(17)5-3-10/h2-5,9,11,14,18H,6-8H2,1H3,(H,21,22). The molecule has 0 amide bonds. The van der Waals surface area contributed by atoms with Gasteiger partial charge in [-0.05, 0) is 37.1 Å². The monoisotopic (exact) mass is 303 g/mol. The highest BCUT2D eigenvalue weighted by atomic mass is 19.1. The normalized spacial score (nSPS) is 20.6. The molecule has 5 nitrogen and oxygen atoms in total. The van der Waals surface area contributed by atoms with Crippen molar-refractivity contribution < 1.29 is 14.3 Å². The third-order valence-corrected chi connectivity index (χ3v) is 4.09. The number of carboxylic acids is 1. The van der Waals surface area contributed by atoms with Gasteiger partial charge in [0.2, 0.25) is 0 Å². The number of aliphatic carboxylic acids is 1. The number of hydrogen-bond donors (Lipinski definition) is 2. The molecule has 0 spiro atoms. The van der Waals surface area contributed by atoms with Gasteiger partial charge in [-0.15, -0.1) is 0 Å². The van der Waals surface area contributed by atoms with E-state index in [0.29, 0.717) is 19.4 Å². The summed E-state index contributed by atoms with van der Waals surface area (Å²) in [7, 11) is 1.85. The summed E-state index contributed by atoms with van der Waals surface area (Å²) in [4.78, 5) is 10.8. The van der Waals surface area contributed by atoms with Crippen LogP contribution >= 0.6 is 0 Å². The van der Waals surface area contributed by atoms with Crippen LogP contribution in [0.2, 0.25) is 0 Å². The molecule has 1 aliphatic rings. The van der Waals surface area contributed by atoms with E-state index in [1.54, 1.807) is 16.8 Å². The fraction of sp³-hybridized carbons (Fsp3) is 0.375. The number of aryl methyl sites for hydroxylation is 1. The zero-order valence-electron chi connectivity index (χ0n) is 12.3. The van der Waals surface area contributed by atoms with Crippen LogP contribution in [0.3, 0.4) is 0 Å². The Hall–Kier alpha value is -2.21. The predicted molar refractivity (Wildman–Crippen MR) is 79.6 cm³/mol.